The predicted octanol–water partition coefficient (Wildman–Crippen LogP) is 2.73. The molecule has 3 N–H and O–H groups in total. The van der Waals surface area contributed by atoms with Gasteiger partial charge in [0.1, 0.15) is 11.9 Å². The molecule has 2 aromatic rings. The average Bonchev–Trinajstić information content (AvgIpc) is 3.38. The van der Waals surface area contributed by atoms with E-state index in [4.69, 9.17) is 30.1 Å². The number of nitrogens with one attached hydrogen (secondary N) is 1. The van der Waals surface area contributed by atoms with Gasteiger partial charge in [-0.25, -0.2) is 4.79 Å². The lowest BCUT2D eigenvalue weighted by atomic mass is 10.0. The smallest absolute Gasteiger partial charge is 0.414 e. The molecule has 1 amide bonds. The Morgan fingerprint density at radius 1 is 1.24 bits per heavy atom. The van der Waals surface area contributed by atoms with Crippen molar-refractivity contribution in [2.24, 2.45) is 5.73 Å². The van der Waals surface area contributed by atoms with Crippen LogP contribution >= 0.6 is 0 Å². The van der Waals surface area contributed by atoms with Crippen molar-refractivity contribution in [1.29, 1.82) is 5.41 Å². The maximum absolute atomic E-state index is 12.6. The molecule has 2 heterocycles. The third-order valence-corrected chi connectivity index (χ3v) is 4.71. The summed E-state index contributed by atoms with van der Waals surface area (Å²) in [4.78, 5) is 14.1. The highest BCUT2D eigenvalue weighted by molar-refractivity contribution is 5.97. The molecule has 2 aliphatic rings. The largest absolute Gasteiger partial charge is 0.458 e. The first-order valence-corrected chi connectivity index (χ1v) is 9.18. The van der Waals surface area contributed by atoms with Gasteiger partial charge < -0.3 is 24.7 Å². The van der Waals surface area contributed by atoms with Crippen molar-refractivity contribution in [2.75, 3.05) is 18.2 Å². The normalized spacial score (nSPS) is 19.0. The quantitative estimate of drug-likeness (QED) is 0.551. The molecule has 150 valence electrons. The van der Waals surface area contributed by atoms with Crippen LogP contribution in [0.15, 0.2) is 66.8 Å². The fourth-order valence-electron chi connectivity index (χ4n) is 3.27. The van der Waals surface area contributed by atoms with E-state index in [1.807, 2.05) is 30.3 Å². The Kier molecular flexibility index (Phi) is 5.24. The molecule has 0 bridgehead atoms. The van der Waals surface area contributed by atoms with Crippen LogP contribution in [0.3, 0.4) is 0 Å². The summed E-state index contributed by atoms with van der Waals surface area (Å²) in [7, 11) is 0. The second-order valence-electron chi connectivity index (χ2n) is 6.71. The first-order valence-electron chi connectivity index (χ1n) is 9.18. The Hall–Kier alpha value is -3.68. The van der Waals surface area contributed by atoms with Gasteiger partial charge in [0.15, 0.2) is 12.4 Å². The second kappa shape index (κ2) is 8.14. The van der Waals surface area contributed by atoms with E-state index in [0.29, 0.717) is 24.2 Å². The third-order valence-electron chi connectivity index (χ3n) is 4.71. The maximum Gasteiger partial charge on any atom is 0.414 e. The molecule has 0 aliphatic carbocycles. The highest BCUT2D eigenvalue weighted by Gasteiger charge is 2.39. The van der Waals surface area contributed by atoms with E-state index in [1.54, 1.807) is 24.3 Å². The van der Waals surface area contributed by atoms with Gasteiger partial charge in [-0.3, -0.25) is 10.3 Å². The van der Waals surface area contributed by atoms with E-state index < -0.39 is 18.3 Å². The zero-order valence-electron chi connectivity index (χ0n) is 15.6. The van der Waals surface area contributed by atoms with Crippen LogP contribution in [0.4, 0.5) is 10.5 Å². The van der Waals surface area contributed by atoms with Gasteiger partial charge in [0.2, 0.25) is 6.79 Å². The lowest BCUT2D eigenvalue weighted by Crippen LogP contribution is -2.35. The van der Waals surface area contributed by atoms with Crippen molar-refractivity contribution < 1.29 is 23.7 Å². The van der Waals surface area contributed by atoms with Gasteiger partial charge in [-0.1, -0.05) is 42.5 Å². The van der Waals surface area contributed by atoms with Gasteiger partial charge in [0.05, 0.1) is 6.54 Å². The van der Waals surface area contributed by atoms with Crippen LogP contribution in [0, 0.1) is 5.41 Å². The average molecular weight is 395 g/mol. The Balaban J connectivity index is 1.54. The molecule has 0 spiro atoms. The SMILES string of the molecule is N=C(N)c1cccc(N2CC(C(Cc3ccccc3)OC3=COCO3)OC2=O)c1. The van der Waals surface area contributed by atoms with E-state index in [-0.39, 0.29) is 18.6 Å². The van der Waals surface area contributed by atoms with Crippen LogP contribution < -0.4 is 10.6 Å². The highest BCUT2D eigenvalue weighted by Crippen LogP contribution is 2.27. The van der Waals surface area contributed by atoms with Crippen molar-refractivity contribution in [1.82, 2.24) is 0 Å². The van der Waals surface area contributed by atoms with Crippen LogP contribution in [0.1, 0.15) is 11.1 Å². The Morgan fingerprint density at radius 2 is 2.07 bits per heavy atom. The molecule has 8 heteroatoms. The van der Waals surface area contributed by atoms with Gasteiger partial charge in [0, 0.05) is 17.7 Å². The molecule has 2 aliphatic heterocycles. The lowest BCUT2D eigenvalue weighted by molar-refractivity contribution is -0.0566. The molecule has 0 saturated carbocycles. The van der Waals surface area contributed by atoms with Gasteiger partial charge in [-0.2, -0.15) is 0 Å². The van der Waals surface area contributed by atoms with Gasteiger partial charge in [-0.15, -0.1) is 0 Å². The van der Waals surface area contributed by atoms with Crippen molar-refractivity contribution in [2.45, 2.75) is 18.6 Å². The van der Waals surface area contributed by atoms with Gasteiger partial charge >= 0.3 is 12.0 Å². The zero-order chi connectivity index (χ0) is 20.2. The van der Waals surface area contributed by atoms with Crippen molar-refractivity contribution in [3.8, 4) is 0 Å². The fourth-order valence-corrected chi connectivity index (χ4v) is 3.27. The first kappa shape index (κ1) is 18.7. The number of amidine groups is 1. The summed E-state index contributed by atoms with van der Waals surface area (Å²) in [5.74, 6) is 0.200. The van der Waals surface area contributed by atoms with Gasteiger partial charge in [-0.05, 0) is 17.7 Å². The van der Waals surface area contributed by atoms with Crippen LogP contribution in [0.2, 0.25) is 0 Å². The molecule has 1 fully saturated rings. The molecule has 2 unspecified atom stereocenters. The molecule has 4 rings (SSSR count). The summed E-state index contributed by atoms with van der Waals surface area (Å²) in [5, 5.41) is 7.60. The molecular formula is C21H21N3O5. The van der Waals surface area contributed by atoms with Crippen LogP contribution in [-0.4, -0.2) is 37.5 Å². The summed E-state index contributed by atoms with van der Waals surface area (Å²) in [6.45, 7) is 0.396. The fraction of sp³-hybridized carbons (Fsp3) is 0.238. The number of hydrogen-bond acceptors (Lipinski definition) is 6. The summed E-state index contributed by atoms with van der Waals surface area (Å²) in [6.07, 6.45) is 0.475. The molecule has 8 nitrogen and oxygen atoms in total. The van der Waals surface area contributed by atoms with E-state index in [2.05, 4.69) is 0 Å². The Labute approximate surface area is 167 Å². The standard InChI is InChI=1S/C21H21N3O5/c22-20(23)15-7-4-8-16(10-15)24-11-18(29-21(24)25)17(28-19-12-26-13-27-19)9-14-5-2-1-3-6-14/h1-8,10,12,17-18H,9,11,13H2,(H3,22,23). The van der Waals surface area contributed by atoms with Crippen LogP contribution in [0.25, 0.3) is 0 Å². The predicted molar refractivity (Wildman–Crippen MR) is 105 cm³/mol. The van der Waals surface area contributed by atoms with Gasteiger partial charge in [0.25, 0.3) is 0 Å². The first-order chi connectivity index (χ1) is 14.1. The minimum Gasteiger partial charge on any atom is -0.458 e. The lowest BCUT2D eigenvalue weighted by Gasteiger charge is -2.23. The second-order valence-corrected chi connectivity index (χ2v) is 6.71. The molecule has 0 aromatic heterocycles. The Morgan fingerprint density at radius 3 is 2.79 bits per heavy atom. The van der Waals surface area contributed by atoms with Crippen molar-refractivity contribution >= 4 is 17.6 Å². The maximum atomic E-state index is 12.6. The minimum atomic E-state index is -0.520. The minimum absolute atomic E-state index is 0.0634. The summed E-state index contributed by atoms with van der Waals surface area (Å²) in [6, 6.07) is 16.7. The van der Waals surface area contributed by atoms with Crippen molar-refractivity contribution in [3.63, 3.8) is 0 Å². The number of ether oxygens (including phenoxy) is 4. The summed E-state index contributed by atoms with van der Waals surface area (Å²) >= 11 is 0. The molecule has 2 atom stereocenters. The number of nitrogens with two attached hydrogens (primary N) is 1. The van der Waals surface area contributed by atoms with E-state index >= 15 is 0 Å². The Bertz CT molecular complexity index is 931. The highest BCUT2D eigenvalue weighted by atomic mass is 16.8. The number of anilines is 1. The van der Waals surface area contributed by atoms with E-state index in [0.717, 1.165) is 5.56 Å². The number of cyclic esters (lactones) is 1. The molecule has 29 heavy (non-hydrogen) atoms. The number of amides is 1. The molecular weight excluding hydrogens is 374 g/mol. The topological polar surface area (TPSA) is 107 Å². The number of rotatable bonds is 7. The number of nitrogens with zero attached hydrogens (tertiary/aromatic N) is 1. The van der Waals surface area contributed by atoms with Crippen LogP contribution in [-0.2, 0) is 25.4 Å². The third kappa shape index (κ3) is 4.26. The number of carbonyl (C=O) groups is 1. The van der Waals surface area contributed by atoms with E-state index in [1.165, 1.54) is 11.2 Å². The molecule has 2 aromatic carbocycles. The number of benzene rings is 2. The monoisotopic (exact) mass is 395 g/mol. The number of hydrogen-bond donors (Lipinski definition) is 2. The summed E-state index contributed by atoms with van der Waals surface area (Å²) < 4.78 is 21.9. The summed E-state index contributed by atoms with van der Waals surface area (Å²) in [5.41, 5.74) is 7.77. The number of carbonyl (C=O) groups excluding carboxylic acids is 1. The van der Waals surface area contributed by atoms with Crippen LogP contribution in [0.5, 0.6) is 0 Å². The zero-order valence-corrected chi connectivity index (χ0v) is 15.6. The van der Waals surface area contributed by atoms with E-state index in [9.17, 15) is 4.79 Å². The number of nitrogen functional groups attached to an aromatic ring is 1. The molecule has 0 radical (unpaired) electrons. The molecule has 1 saturated heterocycles. The van der Waals surface area contributed by atoms with Crippen molar-refractivity contribution in [3.05, 3.63) is 77.9 Å².